The van der Waals surface area contributed by atoms with Gasteiger partial charge in [-0.1, -0.05) is 36.4 Å². The largest absolute Gasteiger partial charge is 0.573 e. The molecule has 0 saturated carbocycles. The van der Waals surface area contributed by atoms with E-state index in [2.05, 4.69) is 15.0 Å². The number of morpholine rings is 1. The minimum Gasteiger partial charge on any atom is -0.404 e. The van der Waals surface area contributed by atoms with Crippen LogP contribution in [0.25, 0.3) is 11.3 Å². The molecule has 1 saturated heterocycles. The van der Waals surface area contributed by atoms with E-state index < -0.39 is 24.1 Å². The molecular formula is C27H26F3N3O4. The van der Waals surface area contributed by atoms with Crippen molar-refractivity contribution in [1.29, 1.82) is 0 Å². The molecule has 1 atom stereocenters. The molecular weight excluding hydrogens is 487 g/mol. The number of hydrogen-bond acceptors (Lipinski definition) is 6. The lowest BCUT2D eigenvalue weighted by atomic mass is 10.0. The summed E-state index contributed by atoms with van der Waals surface area (Å²) in [5, 5.41) is 2.50. The van der Waals surface area contributed by atoms with Crippen LogP contribution in [0, 0.1) is 0 Å². The van der Waals surface area contributed by atoms with Crippen molar-refractivity contribution in [1.82, 2.24) is 9.88 Å². The van der Waals surface area contributed by atoms with Gasteiger partial charge >= 0.3 is 6.36 Å². The van der Waals surface area contributed by atoms with Gasteiger partial charge in [0.15, 0.2) is 11.5 Å². The highest BCUT2D eigenvalue weighted by molar-refractivity contribution is 6.01. The fraction of sp³-hybridized carbons (Fsp3) is 0.296. The van der Waals surface area contributed by atoms with Crippen molar-refractivity contribution in [2.75, 3.05) is 31.6 Å². The number of amides is 1. The lowest BCUT2D eigenvalue weighted by Gasteiger charge is -2.31. The van der Waals surface area contributed by atoms with Gasteiger partial charge in [0.2, 0.25) is 5.91 Å². The second-order valence-corrected chi connectivity index (χ2v) is 8.59. The van der Waals surface area contributed by atoms with Crippen molar-refractivity contribution in [3.05, 3.63) is 78.0 Å². The fourth-order valence-corrected chi connectivity index (χ4v) is 3.98. The summed E-state index contributed by atoms with van der Waals surface area (Å²) in [6.07, 6.45) is -3.39. The molecule has 1 aliphatic rings. The number of pyridine rings is 1. The molecule has 37 heavy (non-hydrogen) atoms. The Labute approximate surface area is 212 Å². The van der Waals surface area contributed by atoms with Crippen LogP contribution in [0.3, 0.4) is 0 Å². The van der Waals surface area contributed by atoms with Crippen LogP contribution in [0.5, 0.6) is 5.75 Å². The first-order valence-electron chi connectivity index (χ1n) is 11.8. The molecule has 1 fully saturated rings. The summed E-state index contributed by atoms with van der Waals surface area (Å²) in [7, 11) is 0. The van der Waals surface area contributed by atoms with Crippen LogP contribution in [0.4, 0.5) is 18.9 Å². The third-order valence-corrected chi connectivity index (χ3v) is 6.02. The first-order valence-corrected chi connectivity index (χ1v) is 11.8. The zero-order chi connectivity index (χ0) is 26.4. The monoisotopic (exact) mass is 513 g/mol. The maximum Gasteiger partial charge on any atom is 0.573 e. The number of halogens is 3. The zero-order valence-electron chi connectivity index (χ0n) is 20.1. The Kier molecular flexibility index (Phi) is 8.20. The van der Waals surface area contributed by atoms with Crippen molar-refractivity contribution in [2.24, 2.45) is 0 Å². The van der Waals surface area contributed by atoms with Gasteiger partial charge in [-0.05, 0) is 36.8 Å². The molecule has 4 rings (SSSR count). The smallest absolute Gasteiger partial charge is 0.404 e. The predicted molar refractivity (Wildman–Crippen MR) is 131 cm³/mol. The summed E-state index contributed by atoms with van der Waals surface area (Å²) in [6, 6.07) is 16.0. The number of nitrogens with zero attached hydrogens (tertiary/aromatic N) is 2. The summed E-state index contributed by atoms with van der Waals surface area (Å²) < 4.78 is 48.3. The Hall–Kier alpha value is -3.76. The number of nitrogens with one attached hydrogen (secondary N) is 1. The van der Waals surface area contributed by atoms with Crippen LogP contribution in [-0.4, -0.2) is 60.3 Å². The molecule has 0 spiro atoms. The lowest BCUT2D eigenvalue weighted by Crippen LogP contribution is -2.47. The van der Waals surface area contributed by atoms with Crippen molar-refractivity contribution in [3.8, 4) is 17.0 Å². The second-order valence-electron chi connectivity index (χ2n) is 8.59. The third kappa shape index (κ3) is 7.14. The van der Waals surface area contributed by atoms with E-state index in [-0.39, 0.29) is 23.5 Å². The standard InChI is InChI=1S/C27H26F3N3O4/c1-18(33-11-13-36-14-12-33)26(35)32-23-16-21(8-10-25(23)37-27(28,29)30)24(34)15-19-7-9-22(31-17-19)20-5-3-2-4-6-20/h2-10,16-18H,11-15H2,1H3,(H,32,35). The number of carbonyl (C=O) groups excluding carboxylic acids is 2. The molecule has 10 heteroatoms. The van der Waals surface area contributed by atoms with Crippen LogP contribution in [0.1, 0.15) is 22.8 Å². The van der Waals surface area contributed by atoms with Gasteiger partial charge in [-0.15, -0.1) is 13.2 Å². The number of ketones is 1. The molecule has 1 aliphatic heterocycles. The van der Waals surface area contributed by atoms with E-state index in [4.69, 9.17) is 4.74 Å². The van der Waals surface area contributed by atoms with Crippen molar-refractivity contribution in [3.63, 3.8) is 0 Å². The summed E-state index contributed by atoms with van der Waals surface area (Å²) in [5.74, 6) is -1.45. The lowest BCUT2D eigenvalue weighted by molar-refractivity contribution is -0.274. The maximum absolute atomic E-state index is 13.0. The molecule has 0 bridgehead atoms. The van der Waals surface area contributed by atoms with Crippen molar-refractivity contribution >= 4 is 17.4 Å². The zero-order valence-corrected chi connectivity index (χ0v) is 20.1. The van der Waals surface area contributed by atoms with Gasteiger partial charge in [0, 0.05) is 36.8 Å². The number of benzene rings is 2. The Balaban J connectivity index is 1.51. The van der Waals surface area contributed by atoms with Crippen LogP contribution in [-0.2, 0) is 16.0 Å². The van der Waals surface area contributed by atoms with E-state index in [9.17, 15) is 22.8 Å². The molecule has 3 aromatic rings. The van der Waals surface area contributed by atoms with Gasteiger partial charge in [0.25, 0.3) is 0 Å². The van der Waals surface area contributed by atoms with Gasteiger partial charge in [0.05, 0.1) is 30.6 Å². The van der Waals surface area contributed by atoms with Gasteiger partial charge in [-0.3, -0.25) is 19.5 Å². The third-order valence-electron chi connectivity index (χ3n) is 6.02. The Morgan fingerprint density at radius 1 is 1.08 bits per heavy atom. The van der Waals surface area contributed by atoms with Gasteiger partial charge in [-0.2, -0.15) is 0 Å². The number of aromatic nitrogens is 1. The fourth-order valence-electron chi connectivity index (χ4n) is 3.98. The van der Waals surface area contributed by atoms with Gasteiger partial charge in [-0.25, -0.2) is 0 Å². The number of hydrogen-bond donors (Lipinski definition) is 1. The molecule has 1 amide bonds. The topological polar surface area (TPSA) is 80.8 Å². The van der Waals surface area contributed by atoms with Crippen LogP contribution in [0.15, 0.2) is 66.9 Å². The number of alkyl halides is 3. The molecule has 1 aromatic heterocycles. The number of carbonyl (C=O) groups is 2. The van der Waals surface area contributed by atoms with E-state index in [1.165, 1.54) is 12.1 Å². The Morgan fingerprint density at radius 2 is 1.81 bits per heavy atom. The number of Topliss-reactive ketones (excluding diaryl/α,β-unsaturated/α-hetero) is 1. The van der Waals surface area contributed by atoms with Crippen molar-refractivity contribution in [2.45, 2.75) is 25.7 Å². The van der Waals surface area contributed by atoms with E-state index in [1.807, 2.05) is 35.2 Å². The predicted octanol–water partition coefficient (Wildman–Crippen LogP) is 4.73. The quantitative estimate of drug-likeness (QED) is 0.439. The molecule has 0 aliphatic carbocycles. The molecule has 194 valence electrons. The number of ether oxygens (including phenoxy) is 2. The van der Waals surface area contributed by atoms with Crippen molar-refractivity contribution < 1.29 is 32.2 Å². The summed E-state index contributed by atoms with van der Waals surface area (Å²) in [5.41, 5.74) is 2.24. The van der Waals surface area contributed by atoms with Crippen LogP contribution in [0.2, 0.25) is 0 Å². The Morgan fingerprint density at radius 3 is 2.46 bits per heavy atom. The highest BCUT2D eigenvalue weighted by Gasteiger charge is 2.33. The normalized spacial score (nSPS) is 15.1. The molecule has 1 N–H and O–H groups in total. The molecule has 2 heterocycles. The summed E-state index contributed by atoms with van der Waals surface area (Å²) in [4.78, 5) is 32.1. The second kappa shape index (κ2) is 11.5. The van der Waals surface area contributed by atoms with Gasteiger partial charge < -0.3 is 14.8 Å². The minimum atomic E-state index is -4.97. The van der Waals surface area contributed by atoms with Crippen LogP contribution >= 0.6 is 0 Å². The first-order chi connectivity index (χ1) is 17.7. The first kappa shape index (κ1) is 26.3. The van der Waals surface area contributed by atoms with E-state index in [0.717, 1.165) is 17.3 Å². The average molecular weight is 514 g/mol. The number of rotatable bonds is 8. The number of anilines is 1. The maximum atomic E-state index is 13.0. The van der Waals surface area contributed by atoms with E-state index in [0.29, 0.717) is 31.9 Å². The summed E-state index contributed by atoms with van der Waals surface area (Å²) >= 11 is 0. The van der Waals surface area contributed by atoms with E-state index in [1.54, 1.807) is 25.3 Å². The molecule has 7 nitrogen and oxygen atoms in total. The average Bonchev–Trinajstić information content (AvgIpc) is 2.90. The SMILES string of the molecule is CC(C(=O)Nc1cc(C(=O)Cc2ccc(-c3ccccc3)nc2)ccc1OC(F)(F)F)N1CCOCC1. The summed E-state index contributed by atoms with van der Waals surface area (Å²) in [6.45, 7) is 3.63. The molecule has 0 radical (unpaired) electrons. The van der Waals surface area contributed by atoms with E-state index >= 15 is 0 Å². The van der Waals surface area contributed by atoms with Gasteiger partial charge in [0.1, 0.15) is 0 Å². The highest BCUT2D eigenvalue weighted by Crippen LogP contribution is 2.32. The minimum absolute atomic E-state index is 0.0148. The molecule has 1 unspecified atom stereocenters. The Bertz CT molecular complexity index is 1230. The molecule has 2 aromatic carbocycles. The van der Waals surface area contributed by atoms with Crippen LogP contribution < -0.4 is 10.1 Å². The highest BCUT2D eigenvalue weighted by atomic mass is 19.4.